The number of carbonyl (C=O) groups is 2. The molecule has 0 saturated heterocycles. The van der Waals surface area contributed by atoms with Gasteiger partial charge in [-0.3, -0.25) is 10.1 Å². The molecule has 0 radical (unpaired) electrons. The molecule has 3 rings (SSSR count). The molecule has 0 spiro atoms. The first kappa shape index (κ1) is 24.5. The average molecular weight is 486 g/mol. The van der Waals surface area contributed by atoms with Crippen molar-refractivity contribution in [2.75, 3.05) is 24.0 Å². The molecule has 1 heterocycles. The lowest BCUT2D eigenvalue weighted by atomic mass is 9.98. The minimum Gasteiger partial charge on any atom is -0.497 e. The van der Waals surface area contributed by atoms with Crippen LogP contribution in [0.1, 0.15) is 20.3 Å². The number of methoxy groups -OCH3 is 1. The van der Waals surface area contributed by atoms with Crippen LogP contribution in [0.25, 0.3) is 10.6 Å². The second kappa shape index (κ2) is 11.7. The molecule has 3 aromatic rings. The molecule has 0 saturated carbocycles. The number of thioether (sulfide) groups is 1. The smallest absolute Gasteiger partial charge is 0.319 e. The molecule has 3 amide bonds. The third-order valence-electron chi connectivity index (χ3n) is 5.10. The van der Waals surface area contributed by atoms with Gasteiger partial charge in [-0.15, -0.1) is 22.0 Å². The highest BCUT2D eigenvalue weighted by Gasteiger charge is 2.27. The highest BCUT2D eigenvalue weighted by molar-refractivity contribution is 7.98. The molecule has 33 heavy (non-hydrogen) atoms. The zero-order chi connectivity index (χ0) is 23.8. The van der Waals surface area contributed by atoms with Crippen molar-refractivity contribution in [2.45, 2.75) is 31.2 Å². The highest BCUT2D eigenvalue weighted by Crippen LogP contribution is 2.29. The van der Waals surface area contributed by atoms with E-state index in [1.807, 2.05) is 68.6 Å². The maximum Gasteiger partial charge on any atom is 0.319 e. The van der Waals surface area contributed by atoms with Gasteiger partial charge in [-0.1, -0.05) is 43.7 Å². The van der Waals surface area contributed by atoms with Crippen LogP contribution < -0.4 is 20.7 Å². The summed E-state index contributed by atoms with van der Waals surface area (Å²) in [5.74, 6) is 0.286. The van der Waals surface area contributed by atoms with Gasteiger partial charge in [-0.2, -0.15) is 0 Å². The number of nitrogens with zero attached hydrogens (tertiary/aromatic N) is 2. The Bertz CT molecular complexity index is 1090. The fraction of sp³-hybridized carbons (Fsp3) is 0.304. The molecule has 174 valence electrons. The summed E-state index contributed by atoms with van der Waals surface area (Å²) in [7, 11) is 1.60. The van der Waals surface area contributed by atoms with Crippen molar-refractivity contribution in [3.8, 4) is 16.3 Å². The molecule has 3 N–H and O–H groups in total. The number of urea groups is 1. The lowest BCUT2D eigenvalue weighted by molar-refractivity contribution is -0.119. The summed E-state index contributed by atoms with van der Waals surface area (Å²) in [5, 5.41) is 17.6. The normalized spacial score (nSPS) is 12.5. The topological polar surface area (TPSA) is 105 Å². The van der Waals surface area contributed by atoms with Crippen LogP contribution in [-0.2, 0) is 4.79 Å². The summed E-state index contributed by atoms with van der Waals surface area (Å²) >= 11 is 2.88. The number of carbonyl (C=O) groups excluding carboxylic acids is 2. The molecular weight excluding hydrogens is 458 g/mol. The molecule has 10 heteroatoms. The van der Waals surface area contributed by atoms with Gasteiger partial charge in [-0.05, 0) is 48.6 Å². The third-order valence-corrected chi connectivity index (χ3v) is 6.73. The summed E-state index contributed by atoms with van der Waals surface area (Å²) in [4.78, 5) is 26.7. The largest absolute Gasteiger partial charge is 0.497 e. The van der Waals surface area contributed by atoms with Crippen LogP contribution in [-0.4, -0.2) is 41.5 Å². The minimum absolute atomic E-state index is 0.0830. The van der Waals surface area contributed by atoms with Gasteiger partial charge in [0.15, 0.2) is 0 Å². The molecule has 0 aliphatic heterocycles. The number of aromatic nitrogens is 2. The number of hydrogen-bond donors (Lipinski definition) is 3. The molecule has 0 bridgehead atoms. The summed E-state index contributed by atoms with van der Waals surface area (Å²) in [6.07, 6.45) is 2.70. The van der Waals surface area contributed by atoms with E-state index in [2.05, 4.69) is 26.1 Å². The van der Waals surface area contributed by atoms with E-state index in [4.69, 9.17) is 4.74 Å². The van der Waals surface area contributed by atoms with Gasteiger partial charge in [0.2, 0.25) is 11.0 Å². The predicted molar refractivity (Wildman–Crippen MR) is 134 cm³/mol. The van der Waals surface area contributed by atoms with Gasteiger partial charge < -0.3 is 15.4 Å². The molecule has 8 nitrogen and oxygen atoms in total. The Balaban J connectivity index is 1.66. The zero-order valence-corrected chi connectivity index (χ0v) is 20.5. The van der Waals surface area contributed by atoms with Crippen molar-refractivity contribution in [3.63, 3.8) is 0 Å². The zero-order valence-electron chi connectivity index (χ0n) is 18.9. The molecule has 2 atom stereocenters. The summed E-state index contributed by atoms with van der Waals surface area (Å²) in [6.45, 7) is 3.89. The summed E-state index contributed by atoms with van der Waals surface area (Å²) in [5.41, 5.74) is 1.50. The van der Waals surface area contributed by atoms with E-state index in [1.165, 1.54) is 11.3 Å². The number of anilines is 2. The maximum atomic E-state index is 13.0. The standard InChI is InChI=1S/C23H27N5O3S2/c1-5-14(2)19(25-22(30)24-16-9-11-18(32-4)12-10-16)20(29)26-23-28-27-21(33-23)15-7-6-8-17(13-15)31-3/h6-14,19H,5H2,1-4H3,(H2,24,25,30)(H,26,28,29). The molecular formula is C23H27N5O3S2. The first-order chi connectivity index (χ1) is 15.9. The van der Waals surface area contributed by atoms with E-state index in [0.29, 0.717) is 28.0 Å². The first-order valence-electron chi connectivity index (χ1n) is 10.4. The Morgan fingerprint density at radius 2 is 1.88 bits per heavy atom. The van der Waals surface area contributed by atoms with Crippen LogP contribution in [0.15, 0.2) is 53.4 Å². The van der Waals surface area contributed by atoms with Crippen molar-refractivity contribution < 1.29 is 14.3 Å². The molecule has 2 aromatic carbocycles. The van der Waals surface area contributed by atoms with E-state index in [-0.39, 0.29) is 11.8 Å². The Morgan fingerprint density at radius 1 is 1.12 bits per heavy atom. The Morgan fingerprint density at radius 3 is 2.55 bits per heavy atom. The third kappa shape index (κ3) is 6.69. The molecule has 1 aromatic heterocycles. The van der Waals surface area contributed by atoms with Crippen LogP contribution in [0.3, 0.4) is 0 Å². The van der Waals surface area contributed by atoms with Crippen LogP contribution in [0.5, 0.6) is 5.75 Å². The van der Waals surface area contributed by atoms with Gasteiger partial charge in [-0.25, -0.2) is 4.79 Å². The van der Waals surface area contributed by atoms with Crippen molar-refractivity contribution in [2.24, 2.45) is 5.92 Å². The van der Waals surface area contributed by atoms with Gasteiger partial charge >= 0.3 is 6.03 Å². The first-order valence-corrected chi connectivity index (χ1v) is 12.5. The van der Waals surface area contributed by atoms with Crippen LogP contribution in [0, 0.1) is 5.92 Å². The monoisotopic (exact) mass is 485 g/mol. The fourth-order valence-electron chi connectivity index (χ4n) is 3.01. The SMILES string of the molecule is CCC(C)C(NC(=O)Nc1ccc(SC)cc1)C(=O)Nc1nnc(-c2cccc(OC)c2)s1. The van der Waals surface area contributed by atoms with Crippen molar-refractivity contribution in [1.29, 1.82) is 0 Å². The molecule has 2 unspecified atom stereocenters. The number of rotatable bonds is 9. The van der Waals surface area contributed by atoms with Crippen molar-refractivity contribution in [3.05, 3.63) is 48.5 Å². The number of nitrogens with one attached hydrogen (secondary N) is 3. The van der Waals surface area contributed by atoms with E-state index in [0.717, 1.165) is 10.5 Å². The lowest BCUT2D eigenvalue weighted by Crippen LogP contribution is -2.49. The number of amides is 3. The molecule has 0 aliphatic rings. The number of benzene rings is 2. The Hall–Kier alpha value is -3.11. The van der Waals surface area contributed by atoms with Gasteiger partial charge in [0, 0.05) is 16.1 Å². The number of ether oxygens (including phenoxy) is 1. The molecule has 0 fully saturated rings. The van der Waals surface area contributed by atoms with E-state index in [9.17, 15) is 9.59 Å². The Kier molecular flexibility index (Phi) is 8.67. The van der Waals surface area contributed by atoms with Gasteiger partial charge in [0.1, 0.15) is 16.8 Å². The van der Waals surface area contributed by atoms with Gasteiger partial charge in [0.25, 0.3) is 0 Å². The number of hydrogen-bond acceptors (Lipinski definition) is 7. The van der Waals surface area contributed by atoms with Crippen molar-refractivity contribution >= 4 is 45.9 Å². The van der Waals surface area contributed by atoms with E-state index >= 15 is 0 Å². The quantitative estimate of drug-likeness (QED) is 0.364. The van der Waals surface area contributed by atoms with Crippen LogP contribution in [0.4, 0.5) is 15.6 Å². The molecule has 0 aliphatic carbocycles. The van der Waals surface area contributed by atoms with Crippen LogP contribution >= 0.6 is 23.1 Å². The average Bonchev–Trinajstić information content (AvgIpc) is 3.31. The fourth-order valence-corrected chi connectivity index (χ4v) is 4.17. The lowest BCUT2D eigenvalue weighted by Gasteiger charge is -2.23. The summed E-state index contributed by atoms with van der Waals surface area (Å²) < 4.78 is 5.25. The Labute approximate surface area is 201 Å². The highest BCUT2D eigenvalue weighted by atomic mass is 32.2. The second-order valence-electron chi connectivity index (χ2n) is 7.32. The maximum absolute atomic E-state index is 13.0. The minimum atomic E-state index is -0.732. The second-order valence-corrected chi connectivity index (χ2v) is 9.18. The predicted octanol–water partition coefficient (Wildman–Crippen LogP) is 5.11. The van der Waals surface area contributed by atoms with E-state index in [1.54, 1.807) is 18.9 Å². The van der Waals surface area contributed by atoms with Gasteiger partial charge in [0.05, 0.1) is 7.11 Å². The van der Waals surface area contributed by atoms with Crippen molar-refractivity contribution in [1.82, 2.24) is 15.5 Å². The van der Waals surface area contributed by atoms with Crippen LogP contribution in [0.2, 0.25) is 0 Å². The summed E-state index contributed by atoms with van der Waals surface area (Å²) in [6, 6.07) is 13.8. The van der Waals surface area contributed by atoms with E-state index < -0.39 is 12.1 Å².